The molecule has 0 bridgehead atoms. The SMILES string of the molecule is CCN(CC)c1nc(NCC2CCN(c3nc(N(CC)CC)c4ccccc4n3)CC2)c2ccccc2n1. The van der Waals surface area contributed by atoms with Gasteiger partial charge >= 0.3 is 0 Å². The van der Waals surface area contributed by atoms with Gasteiger partial charge in [0.25, 0.3) is 0 Å². The summed E-state index contributed by atoms with van der Waals surface area (Å²) in [5.74, 6) is 4.19. The van der Waals surface area contributed by atoms with Crippen LogP contribution in [0.2, 0.25) is 0 Å². The summed E-state index contributed by atoms with van der Waals surface area (Å²) in [4.78, 5) is 26.6. The third kappa shape index (κ3) is 5.30. The Kier molecular flexibility index (Phi) is 8.05. The average molecular weight is 513 g/mol. The normalized spacial score (nSPS) is 14.3. The quantitative estimate of drug-likeness (QED) is 0.295. The summed E-state index contributed by atoms with van der Waals surface area (Å²) in [6.07, 6.45) is 2.19. The van der Waals surface area contributed by atoms with E-state index in [0.29, 0.717) is 5.92 Å². The van der Waals surface area contributed by atoms with Crippen molar-refractivity contribution in [2.24, 2.45) is 5.92 Å². The van der Waals surface area contributed by atoms with Crippen molar-refractivity contribution < 1.29 is 0 Å². The first-order valence-electron chi connectivity index (χ1n) is 14.2. The molecule has 3 heterocycles. The van der Waals surface area contributed by atoms with Crippen molar-refractivity contribution in [2.75, 3.05) is 65.8 Å². The van der Waals surface area contributed by atoms with Crippen LogP contribution in [0.5, 0.6) is 0 Å². The summed E-state index contributed by atoms with van der Waals surface area (Å²) in [6, 6.07) is 16.6. The molecule has 0 spiro atoms. The minimum absolute atomic E-state index is 0.569. The number of hydrogen-bond acceptors (Lipinski definition) is 8. The van der Waals surface area contributed by atoms with Crippen LogP contribution in [0.3, 0.4) is 0 Å². The molecule has 0 radical (unpaired) electrons. The average Bonchev–Trinajstić information content (AvgIpc) is 2.97. The predicted molar refractivity (Wildman–Crippen MR) is 160 cm³/mol. The van der Waals surface area contributed by atoms with Gasteiger partial charge in [0.05, 0.1) is 11.0 Å². The molecule has 1 saturated heterocycles. The van der Waals surface area contributed by atoms with Crippen molar-refractivity contribution in [3.63, 3.8) is 0 Å². The van der Waals surface area contributed by atoms with Crippen molar-refractivity contribution in [3.8, 4) is 0 Å². The fourth-order valence-corrected chi connectivity index (χ4v) is 5.38. The van der Waals surface area contributed by atoms with Crippen LogP contribution >= 0.6 is 0 Å². The molecule has 8 nitrogen and oxygen atoms in total. The summed E-state index contributed by atoms with van der Waals surface area (Å²) >= 11 is 0. The lowest BCUT2D eigenvalue weighted by Gasteiger charge is -2.33. The van der Waals surface area contributed by atoms with Crippen molar-refractivity contribution in [3.05, 3.63) is 48.5 Å². The molecule has 0 atom stereocenters. The maximum absolute atomic E-state index is 5.07. The van der Waals surface area contributed by atoms with Gasteiger partial charge in [-0.2, -0.15) is 9.97 Å². The summed E-state index contributed by atoms with van der Waals surface area (Å²) in [6.45, 7) is 15.1. The van der Waals surface area contributed by atoms with E-state index in [0.717, 1.165) is 104 Å². The summed E-state index contributed by atoms with van der Waals surface area (Å²) in [5.41, 5.74) is 2.00. The molecule has 0 saturated carbocycles. The maximum atomic E-state index is 5.07. The van der Waals surface area contributed by atoms with Crippen LogP contribution < -0.4 is 20.0 Å². The lowest BCUT2D eigenvalue weighted by molar-refractivity contribution is 0.420. The highest BCUT2D eigenvalue weighted by atomic mass is 15.3. The topological polar surface area (TPSA) is 73.3 Å². The zero-order valence-corrected chi connectivity index (χ0v) is 23.2. The third-order valence-corrected chi connectivity index (χ3v) is 7.73. The molecular weight excluding hydrogens is 472 g/mol. The van der Waals surface area contributed by atoms with Crippen LogP contribution in [-0.4, -0.2) is 65.7 Å². The minimum Gasteiger partial charge on any atom is -0.369 e. The van der Waals surface area contributed by atoms with Gasteiger partial charge in [0.15, 0.2) is 0 Å². The Morgan fingerprint density at radius 1 is 0.737 bits per heavy atom. The molecule has 1 fully saturated rings. The van der Waals surface area contributed by atoms with Crippen LogP contribution in [0.25, 0.3) is 21.8 Å². The fourth-order valence-electron chi connectivity index (χ4n) is 5.38. The Labute approximate surface area is 226 Å². The van der Waals surface area contributed by atoms with Crippen LogP contribution in [0.4, 0.5) is 23.5 Å². The van der Waals surface area contributed by atoms with E-state index in [1.165, 1.54) is 0 Å². The summed E-state index contributed by atoms with van der Waals surface area (Å²) in [5, 5.41) is 5.89. The van der Waals surface area contributed by atoms with Crippen LogP contribution in [0, 0.1) is 5.92 Å². The number of benzene rings is 2. The van der Waals surface area contributed by atoms with Gasteiger partial charge in [0.1, 0.15) is 11.6 Å². The Balaban J connectivity index is 1.29. The molecule has 8 heteroatoms. The first kappa shape index (κ1) is 25.9. The van der Waals surface area contributed by atoms with Crippen LogP contribution in [0.15, 0.2) is 48.5 Å². The molecule has 0 aliphatic carbocycles. The number of para-hydroxylation sites is 2. The summed E-state index contributed by atoms with van der Waals surface area (Å²) in [7, 11) is 0. The van der Waals surface area contributed by atoms with Gasteiger partial charge in [0, 0.05) is 56.6 Å². The molecule has 2 aromatic heterocycles. The van der Waals surface area contributed by atoms with Gasteiger partial charge in [-0.3, -0.25) is 0 Å². The maximum Gasteiger partial charge on any atom is 0.227 e. The van der Waals surface area contributed by atoms with Gasteiger partial charge in [-0.1, -0.05) is 24.3 Å². The molecule has 1 N–H and O–H groups in total. The number of anilines is 4. The Morgan fingerprint density at radius 2 is 1.34 bits per heavy atom. The first-order valence-corrected chi connectivity index (χ1v) is 14.2. The smallest absolute Gasteiger partial charge is 0.227 e. The monoisotopic (exact) mass is 512 g/mol. The Morgan fingerprint density at radius 3 is 2.00 bits per heavy atom. The minimum atomic E-state index is 0.569. The zero-order valence-electron chi connectivity index (χ0n) is 23.2. The molecule has 1 aliphatic heterocycles. The van der Waals surface area contributed by atoms with E-state index in [4.69, 9.17) is 19.9 Å². The second kappa shape index (κ2) is 11.8. The summed E-state index contributed by atoms with van der Waals surface area (Å²) < 4.78 is 0. The number of aromatic nitrogens is 4. The molecule has 0 unspecified atom stereocenters. The number of fused-ring (bicyclic) bond motifs is 2. The third-order valence-electron chi connectivity index (χ3n) is 7.73. The fraction of sp³-hybridized carbons (Fsp3) is 0.467. The van der Waals surface area contributed by atoms with Gasteiger partial charge in [-0.15, -0.1) is 0 Å². The molecule has 5 rings (SSSR count). The van der Waals surface area contributed by atoms with E-state index in [1.807, 2.05) is 6.07 Å². The molecule has 200 valence electrons. The lowest BCUT2D eigenvalue weighted by atomic mass is 9.97. The standard InChI is InChI=1S/C30H40N8/c1-5-36(6-2)28-24-14-10-12-16-26(24)33-30(35-28)38-19-17-22(18-20-38)21-31-27-23-13-9-11-15-25(23)32-29(34-27)37(7-3)8-4/h9-16,22H,5-8,17-21H2,1-4H3,(H,31,32,34). The van der Waals surface area contributed by atoms with E-state index in [1.54, 1.807) is 0 Å². The highest BCUT2D eigenvalue weighted by Gasteiger charge is 2.23. The molecule has 0 amide bonds. The van der Waals surface area contributed by atoms with Crippen molar-refractivity contribution >= 4 is 45.3 Å². The lowest BCUT2D eigenvalue weighted by Crippen LogP contribution is -2.37. The molecule has 38 heavy (non-hydrogen) atoms. The predicted octanol–water partition coefficient (Wildman–Crippen LogP) is 5.59. The second-order valence-electron chi connectivity index (χ2n) is 9.91. The van der Waals surface area contributed by atoms with Crippen LogP contribution in [-0.2, 0) is 0 Å². The van der Waals surface area contributed by atoms with E-state index in [2.05, 4.69) is 90.2 Å². The molecule has 1 aliphatic rings. The van der Waals surface area contributed by atoms with Crippen molar-refractivity contribution in [1.29, 1.82) is 0 Å². The number of rotatable bonds is 10. The number of nitrogens with zero attached hydrogens (tertiary/aromatic N) is 7. The van der Waals surface area contributed by atoms with Crippen molar-refractivity contribution in [1.82, 2.24) is 19.9 Å². The Hall–Kier alpha value is -3.68. The molecule has 4 aromatic rings. The number of nitrogens with one attached hydrogen (secondary N) is 1. The molecule has 2 aromatic carbocycles. The largest absolute Gasteiger partial charge is 0.369 e. The van der Waals surface area contributed by atoms with E-state index in [9.17, 15) is 0 Å². The highest BCUT2D eigenvalue weighted by molar-refractivity contribution is 5.91. The van der Waals surface area contributed by atoms with Gasteiger partial charge in [-0.05, 0) is 70.7 Å². The number of hydrogen-bond donors (Lipinski definition) is 1. The second-order valence-corrected chi connectivity index (χ2v) is 9.91. The zero-order chi connectivity index (χ0) is 26.5. The van der Waals surface area contributed by atoms with E-state index < -0.39 is 0 Å². The molecular formula is C30H40N8. The Bertz CT molecular complexity index is 1360. The van der Waals surface area contributed by atoms with Gasteiger partial charge in [0.2, 0.25) is 11.9 Å². The van der Waals surface area contributed by atoms with E-state index >= 15 is 0 Å². The van der Waals surface area contributed by atoms with Gasteiger partial charge in [-0.25, -0.2) is 9.97 Å². The highest BCUT2D eigenvalue weighted by Crippen LogP contribution is 2.29. The van der Waals surface area contributed by atoms with E-state index in [-0.39, 0.29) is 0 Å². The number of piperidine rings is 1. The van der Waals surface area contributed by atoms with Gasteiger partial charge < -0.3 is 20.0 Å². The first-order chi connectivity index (χ1) is 18.6. The van der Waals surface area contributed by atoms with Crippen molar-refractivity contribution in [2.45, 2.75) is 40.5 Å². The van der Waals surface area contributed by atoms with Crippen LogP contribution in [0.1, 0.15) is 40.5 Å².